The maximum absolute atomic E-state index is 12.6. The molecular formula is C19H14ClN3O3. The van der Waals surface area contributed by atoms with Crippen LogP contribution >= 0.6 is 11.6 Å². The second-order valence-electron chi connectivity index (χ2n) is 5.72. The number of nitrogens with zero attached hydrogens (tertiary/aromatic N) is 2. The average Bonchev–Trinajstić information content (AvgIpc) is 3.32. The highest BCUT2D eigenvalue weighted by atomic mass is 35.5. The van der Waals surface area contributed by atoms with Crippen molar-refractivity contribution in [2.45, 2.75) is 0 Å². The van der Waals surface area contributed by atoms with Crippen LogP contribution in [0, 0.1) is 5.92 Å². The molecule has 1 aromatic heterocycles. The van der Waals surface area contributed by atoms with Crippen molar-refractivity contribution >= 4 is 29.2 Å². The maximum Gasteiger partial charge on any atom is 0.301 e. The zero-order chi connectivity index (χ0) is 17.9. The van der Waals surface area contributed by atoms with E-state index in [-0.39, 0.29) is 18.5 Å². The first-order valence-electron chi connectivity index (χ1n) is 7.98. The average molecular weight is 368 g/mol. The van der Waals surface area contributed by atoms with Crippen LogP contribution in [0.25, 0.3) is 11.3 Å². The highest BCUT2D eigenvalue weighted by Crippen LogP contribution is 2.24. The van der Waals surface area contributed by atoms with E-state index in [0.717, 1.165) is 11.1 Å². The Bertz CT molecular complexity index is 952. The number of carbonyl (C=O) groups is 1. The molecule has 0 unspecified atom stereocenters. The van der Waals surface area contributed by atoms with Gasteiger partial charge in [-0.1, -0.05) is 59.2 Å². The lowest BCUT2D eigenvalue weighted by atomic mass is 9.97. The minimum absolute atomic E-state index is 0.124. The Morgan fingerprint density at radius 1 is 1.08 bits per heavy atom. The quantitative estimate of drug-likeness (QED) is 0.756. The lowest BCUT2D eigenvalue weighted by Crippen LogP contribution is -2.30. The Labute approximate surface area is 154 Å². The molecule has 0 fully saturated rings. The van der Waals surface area contributed by atoms with Crippen molar-refractivity contribution in [3.63, 3.8) is 0 Å². The molecule has 1 amide bonds. The van der Waals surface area contributed by atoms with Crippen LogP contribution in [0.1, 0.15) is 5.56 Å². The lowest BCUT2D eigenvalue weighted by molar-refractivity contribution is -0.118. The summed E-state index contributed by atoms with van der Waals surface area (Å²) in [5.74, 6) is -0.808. The van der Waals surface area contributed by atoms with Gasteiger partial charge in [-0.05, 0) is 12.1 Å². The van der Waals surface area contributed by atoms with Crippen molar-refractivity contribution in [1.82, 2.24) is 4.98 Å². The molecule has 6 nitrogen and oxygen atoms in total. The van der Waals surface area contributed by atoms with Gasteiger partial charge in [-0.2, -0.15) is 4.98 Å². The van der Waals surface area contributed by atoms with Crippen LogP contribution in [0.4, 0.5) is 6.01 Å². The van der Waals surface area contributed by atoms with Gasteiger partial charge in [0.25, 0.3) is 0 Å². The Hall–Kier alpha value is -3.12. The van der Waals surface area contributed by atoms with E-state index in [1.54, 1.807) is 12.1 Å². The molecule has 0 spiro atoms. The fourth-order valence-corrected chi connectivity index (χ4v) is 2.79. The molecule has 0 bridgehead atoms. The summed E-state index contributed by atoms with van der Waals surface area (Å²) in [5.41, 5.74) is 2.89. The Kier molecular flexibility index (Phi) is 4.41. The largest absolute Gasteiger partial charge is 0.431 e. The van der Waals surface area contributed by atoms with Gasteiger partial charge in [0.05, 0.1) is 0 Å². The number of halogens is 1. The second-order valence-corrected chi connectivity index (χ2v) is 6.16. The second kappa shape index (κ2) is 7.01. The minimum atomic E-state index is -0.525. The predicted octanol–water partition coefficient (Wildman–Crippen LogP) is 3.98. The molecule has 1 N–H and O–H groups in total. The summed E-state index contributed by atoms with van der Waals surface area (Å²) in [5, 5.41) is 7.32. The molecule has 0 aliphatic carbocycles. The molecule has 7 heteroatoms. The van der Waals surface area contributed by atoms with Gasteiger partial charge in [0.2, 0.25) is 5.91 Å². The van der Waals surface area contributed by atoms with E-state index >= 15 is 0 Å². The number of aromatic nitrogens is 1. The fraction of sp³-hybridized carbons (Fsp3) is 0.105. The first kappa shape index (κ1) is 16.4. The van der Waals surface area contributed by atoms with Gasteiger partial charge in [-0.15, -0.1) is 0 Å². The van der Waals surface area contributed by atoms with Crippen LogP contribution < -0.4 is 5.32 Å². The molecule has 0 saturated carbocycles. The van der Waals surface area contributed by atoms with Gasteiger partial charge >= 0.3 is 6.01 Å². The topological polar surface area (TPSA) is 76.7 Å². The Balaban J connectivity index is 1.48. The van der Waals surface area contributed by atoms with E-state index < -0.39 is 5.92 Å². The monoisotopic (exact) mass is 367 g/mol. The molecule has 26 heavy (non-hydrogen) atoms. The number of hydrogen-bond donors (Lipinski definition) is 1. The van der Waals surface area contributed by atoms with Gasteiger partial charge in [0, 0.05) is 16.1 Å². The number of amides is 1. The lowest BCUT2D eigenvalue weighted by Gasteiger charge is -2.09. The van der Waals surface area contributed by atoms with Gasteiger partial charge in [-0.3, -0.25) is 10.1 Å². The summed E-state index contributed by atoms with van der Waals surface area (Å²) in [4.78, 5) is 22.0. The van der Waals surface area contributed by atoms with Crippen LogP contribution in [0.2, 0.25) is 5.02 Å². The van der Waals surface area contributed by atoms with Crippen molar-refractivity contribution in [2.24, 2.45) is 11.1 Å². The van der Waals surface area contributed by atoms with Gasteiger partial charge in [0.15, 0.2) is 0 Å². The summed E-state index contributed by atoms with van der Waals surface area (Å²) in [6, 6.07) is 16.8. The predicted molar refractivity (Wildman–Crippen MR) is 98.0 cm³/mol. The van der Waals surface area contributed by atoms with Crippen LogP contribution in [0.15, 0.2) is 70.4 Å². The third-order valence-electron chi connectivity index (χ3n) is 3.99. The molecule has 0 radical (unpaired) electrons. The Morgan fingerprint density at radius 2 is 1.85 bits per heavy atom. The summed E-state index contributed by atoms with van der Waals surface area (Å²) in [7, 11) is 0. The number of oxazole rings is 1. The minimum Gasteiger partial charge on any atom is -0.431 e. The van der Waals surface area contributed by atoms with Gasteiger partial charge < -0.3 is 9.25 Å². The third-order valence-corrected chi connectivity index (χ3v) is 4.25. The van der Waals surface area contributed by atoms with E-state index in [1.807, 2.05) is 42.5 Å². The van der Waals surface area contributed by atoms with Crippen LogP contribution in [0.3, 0.4) is 0 Å². The highest BCUT2D eigenvalue weighted by molar-refractivity contribution is 6.30. The first-order chi connectivity index (χ1) is 12.7. The molecule has 4 rings (SSSR count). The molecular weight excluding hydrogens is 354 g/mol. The SMILES string of the molecule is O=C(Nc1nc(-c2ccc(Cl)cc2)co1)[C@@H]1CON=C1c1ccccc1. The van der Waals surface area contributed by atoms with E-state index in [1.165, 1.54) is 6.26 Å². The zero-order valence-electron chi connectivity index (χ0n) is 13.6. The molecule has 1 aliphatic heterocycles. The molecule has 2 heterocycles. The molecule has 0 saturated heterocycles. The standard InChI is InChI=1S/C19H14ClN3O3/c20-14-8-6-12(7-9-14)16-11-25-19(21-16)22-18(24)15-10-26-23-17(15)13-4-2-1-3-5-13/h1-9,11,15H,10H2,(H,21,22,24)/t15-/m1/s1. The number of rotatable bonds is 4. The number of oxime groups is 1. The van der Waals surface area contributed by atoms with Crippen LogP contribution in [-0.2, 0) is 9.63 Å². The zero-order valence-corrected chi connectivity index (χ0v) is 14.3. The van der Waals surface area contributed by atoms with Crippen LogP contribution in [-0.4, -0.2) is 23.2 Å². The third kappa shape index (κ3) is 3.32. The van der Waals surface area contributed by atoms with Crippen molar-refractivity contribution in [1.29, 1.82) is 0 Å². The van der Waals surface area contributed by atoms with Crippen molar-refractivity contribution < 1.29 is 14.0 Å². The number of anilines is 1. The molecule has 2 aromatic carbocycles. The fourth-order valence-electron chi connectivity index (χ4n) is 2.66. The van der Waals surface area contributed by atoms with Crippen molar-refractivity contribution in [2.75, 3.05) is 11.9 Å². The maximum atomic E-state index is 12.6. The van der Waals surface area contributed by atoms with Gasteiger partial charge in [-0.25, -0.2) is 0 Å². The smallest absolute Gasteiger partial charge is 0.301 e. The number of hydrogen-bond acceptors (Lipinski definition) is 5. The molecule has 1 atom stereocenters. The normalized spacial score (nSPS) is 16.0. The molecule has 1 aliphatic rings. The summed E-state index contributed by atoms with van der Waals surface area (Å²) in [6.07, 6.45) is 1.48. The van der Waals surface area contributed by atoms with Crippen molar-refractivity contribution in [3.05, 3.63) is 71.4 Å². The first-order valence-corrected chi connectivity index (χ1v) is 8.36. The summed E-state index contributed by atoms with van der Waals surface area (Å²) < 4.78 is 5.36. The Morgan fingerprint density at radius 3 is 2.62 bits per heavy atom. The molecule has 130 valence electrons. The number of nitrogens with one attached hydrogen (secondary N) is 1. The summed E-state index contributed by atoms with van der Waals surface area (Å²) >= 11 is 5.89. The van der Waals surface area contributed by atoms with Crippen molar-refractivity contribution in [3.8, 4) is 11.3 Å². The highest BCUT2D eigenvalue weighted by Gasteiger charge is 2.32. The number of benzene rings is 2. The summed E-state index contributed by atoms with van der Waals surface area (Å²) in [6.45, 7) is 0.181. The molecule has 3 aromatic rings. The van der Waals surface area contributed by atoms with E-state index in [9.17, 15) is 4.79 Å². The van der Waals surface area contributed by atoms with Gasteiger partial charge in [0.1, 0.15) is 30.2 Å². The number of carbonyl (C=O) groups excluding carboxylic acids is 1. The van der Waals surface area contributed by atoms with E-state index in [4.69, 9.17) is 20.9 Å². The van der Waals surface area contributed by atoms with Crippen LogP contribution in [0.5, 0.6) is 0 Å². The van der Waals surface area contributed by atoms with E-state index in [0.29, 0.717) is 16.4 Å². The van der Waals surface area contributed by atoms with E-state index in [2.05, 4.69) is 15.5 Å².